The monoisotopic (exact) mass is 257 g/mol. The van der Waals surface area contributed by atoms with Crippen LogP contribution in [-0.2, 0) is 9.63 Å². The van der Waals surface area contributed by atoms with Gasteiger partial charge in [-0.2, -0.15) is 0 Å². The highest BCUT2D eigenvalue weighted by Gasteiger charge is 2.57. The molecule has 17 heavy (non-hydrogen) atoms. The van der Waals surface area contributed by atoms with Crippen LogP contribution in [0.25, 0.3) is 0 Å². The lowest BCUT2D eigenvalue weighted by molar-refractivity contribution is -0.170. The van der Waals surface area contributed by atoms with Gasteiger partial charge in [0, 0.05) is 18.0 Å². The van der Waals surface area contributed by atoms with Crippen LogP contribution in [0.2, 0.25) is 5.02 Å². The molecule has 5 heteroatoms. The lowest BCUT2D eigenvalue weighted by atomic mass is 10.1. The molecule has 0 spiro atoms. The molecule has 3 atom stereocenters. The smallest absolute Gasteiger partial charge is 0.252 e. The number of nitrogens with zero attached hydrogens (tertiary/aromatic N) is 1. The molecule has 1 fully saturated rings. The fourth-order valence-electron chi connectivity index (χ4n) is 1.94. The first-order chi connectivity index (χ1) is 8.06. The second kappa shape index (κ2) is 4.63. The molecule has 2 rings (SSSR count). The van der Waals surface area contributed by atoms with Gasteiger partial charge in [-0.05, 0) is 17.7 Å². The normalized spacial score (nSPS) is 26.7. The molecule has 1 aliphatic carbocycles. The highest BCUT2D eigenvalue weighted by molar-refractivity contribution is 6.30. The molecule has 0 aromatic heterocycles. The van der Waals surface area contributed by atoms with Gasteiger partial charge >= 0.3 is 0 Å². The van der Waals surface area contributed by atoms with E-state index in [4.69, 9.17) is 16.4 Å². The number of carbonyl (C=O) groups excluding carboxylic acids is 1. The Hall–Kier alpha value is -1.13. The maximum Gasteiger partial charge on any atom is 0.252 e. The zero-order valence-electron chi connectivity index (χ0n) is 9.56. The predicted molar refractivity (Wildman–Crippen MR) is 62.4 cm³/mol. The number of hydroxylamine groups is 2. The van der Waals surface area contributed by atoms with Gasteiger partial charge < -0.3 is 0 Å². The van der Waals surface area contributed by atoms with E-state index in [1.165, 1.54) is 14.2 Å². The Balaban J connectivity index is 2.10. The van der Waals surface area contributed by atoms with Crippen molar-refractivity contribution in [3.8, 4) is 0 Å². The van der Waals surface area contributed by atoms with Crippen molar-refractivity contribution >= 4 is 17.5 Å². The minimum atomic E-state index is -1.14. The van der Waals surface area contributed by atoms with Crippen molar-refractivity contribution in [2.24, 2.45) is 5.92 Å². The Morgan fingerprint density at radius 3 is 2.53 bits per heavy atom. The zero-order valence-corrected chi connectivity index (χ0v) is 10.3. The molecular weight excluding hydrogens is 245 g/mol. The molecule has 0 N–H and O–H groups in total. The second-order valence-electron chi connectivity index (χ2n) is 4.07. The number of halogens is 2. The molecule has 1 aliphatic rings. The topological polar surface area (TPSA) is 29.5 Å². The van der Waals surface area contributed by atoms with Crippen LogP contribution in [0.4, 0.5) is 4.39 Å². The lowest BCUT2D eigenvalue weighted by Gasteiger charge is -2.12. The Morgan fingerprint density at radius 2 is 2.00 bits per heavy atom. The number of alkyl halides is 1. The molecule has 0 bridgehead atoms. The van der Waals surface area contributed by atoms with Gasteiger partial charge in [0.15, 0.2) is 0 Å². The van der Waals surface area contributed by atoms with E-state index >= 15 is 0 Å². The number of amides is 1. The molecule has 3 nitrogen and oxygen atoms in total. The third-order valence-electron chi connectivity index (χ3n) is 3.06. The Labute approximate surface area is 104 Å². The summed E-state index contributed by atoms with van der Waals surface area (Å²) in [6.45, 7) is 0. The maximum atomic E-state index is 13.6. The third kappa shape index (κ3) is 2.28. The van der Waals surface area contributed by atoms with E-state index in [1.807, 2.05) is 0 Å². The van der Waals surface area contributed by atoms with E-state index in [2.05, 4.69) is 0 Å². The van der Waals surface area contributed by atoms with Crippen LogP contribution in [-0.4, -0.2) is 31.3 Å². The third-order valence-corrected chi connectivity index (χ3v) is 3.31. The number of rotatable bonds is 3. The fourth-order valence-corrected chi connectivity index (χ4v) is 2.07. The van der Waals surface area contributed by atoms with Crippen molar-refractivity contribution in [3.63, 3.8) is 0 Å². The number of benzene rings is 1. The maximum absolute atomic E-state index is 13.6. The van der Waals surface area contributed by atoms with Crippen molar-refractivity contribution in [2.75, 3.05) is 14.2 Å². The van der Waals surface area contributed by atoms with Crippen LogP contribution in [0.1, 0.15) is 11.5 Å². The summed E-state index contributed by atoms with van der Waals surface area (Å²) in [6, 6.07) is 6.90. The SMILES string of the molecule is CON(C)C(=O)C1C(F)C1c1ccc(Cl)cc1. The first-order valence-corrected chi connectivity index (χ1v) is 5.65. The summed E-state index contributed by atoms with van der Waals surface area (Å²) in [5, 5.41) is 1.66. The largest absolute Gasteiger partial charge is 0.275 e. The van der Waals surface area contributed by atoms with Gasteiger partial charge in [0.25, 0.3) is 5.91 Å². The molecule has 1 aromatic rings. The zero-order chi connectivity index (χ0) is 12.6. The van der Waals surface area contributed by atoms with Gasteiger partial charge in [-0.3, -0.25) is 9.63 Å². The van der Waals surface area contributed by atoms with E-state index in [1.54, 1.807) is 24.3 Å². The molecule has 3 unspecified atom stereocenters. The van der Waals surface area contributed by atoms with Crippen LogP contribution in [0.15, 0.2) is 24.3 Å². The van der Waals surface area contributed by atoms with Gasteiger partial charge in [-0.1, -0.05) is 23.7 Å². The second-order valence-corrected chi connectivity index (χ2v) is 4.50. The molecule has 0 aliphatic heterocycles. The first kappa shape index (κ1) is 12.3. The summed E-state index contributed by atoms with van der Waals surface area (Å²) in [6.07, 6.45) is -1.14. The van der Waals surface area contributed by atoms with Crippen molar-refractivity contribution in [2.45, 2.75) is 12.1 Å². The summed E-state index contributed by atoms with van der Waals surface area (Å²) in [5.41, 5.74) is 0.796. The molecule has 1 saturated carbocycles. The van der Waals surface area contributed by atoms with Crippen LogP contribution in [0, 0.1) is 5.92 Å². The summed E-state index contributed by atoms with van der Waals surface area (Å²) >= 11 is 5.76. The van der Waals surface area contributed by atoms with E-state index in [9.17, 15) is 9.18 Å². The Bertz CT molecular complexity index is 423. The summed E-state index contributed by atoms with van der Waals surface area (Å²) in [5.74, 6) is -1.35. The standard InChI is InChI=1S/C12H13ClFNO2/c1-15(17-2)12(16)10-9(11(10)14)7-3-5-8(13)6-4-7/h3-6,9-11H,1-2H3. The molecule has 0 radical (unpaired) electrons. The van der Waals surface area contributed by atoms with Crippen molar-refractivity contribution < 1.29 is 14.0 Å². The molecule has 0 saturated heterocycles. The number of carbonyl (C=O) groups is 1. The van der Waals surface area contributed by atoms with Crippen LogP contribution in [0.3, 0.4) is 0 Å². The highest BCUT2D eigenvalue weighted by atomic mass is 35.5. The molecule has 1 amide bonds. The van der Waals surface area contributed by atoms with Gasteiger partial charge in [-0.25, -0.2) is 9.45 Å². The van der Waals surface area contributed by atoms with E-state index in [0.29, 0.717) is 5.02 Å². The highest BCUT2D eigenvalue weighted by Crippen LogP contribution is 2.51. The van der Waals surface area contributed by atoms with E-state index in [-0.39, 0.29) is 11.8 Å². The van der Waals surface area contributed by atoms with Crippen molar-refractivity contribution in [1.29, 1.82) is 0 Å². The number of hydrogen-bond donors (Lipinski definition) is 0. The Morgan fingerprint density at radius 1 is 1.41 bits per heavy atom. The summed E-state index contributed by atoms with van der Waals surface area (Å²) < 4.78 is 13.6. The molecule has 0 heterocycles. The van der Waals surface area contributed by atoms with Gasteiger partial charge in [0.1, 0.15) is 6.17 Å². The van der Waals surface area contributed by atoms with Gasteiger partial charge in [0.2, 0.25) is 0 Å². The fraction of sp³-hybridized carbons (Fsp3) is 0.417. The van der Waals surface area contributed by atoms with Gasteiger partial charge in [0.05, 0.1) is 13.0 Å². The predicted octanol–water partition coefficient (Wildman–Crippen LogP) is 2.41. The molecular formula is C12H13ClFNO2. The van der Waals surface area contributed by atoms with E-state index < -0.39 is 12.1 Å². The quantitative estimate of drug-likeness (QED) is 0.779. The summed E-state index contributed by atoms with van der Waals surface area (Å²) in [4.78, 5) is 16.5. The summed E-state index contributed by atoms with van der Waals surface area (Å²) in [7, 11) is 2.86. The Kier molecular flexibility index (Phi) is 3.35. The first-order valence-electron chi connectivity index (χ1n) is 5.27. The average molecular weight is 258 g/mol. The molecule has 92 valence electrons. The van der Waals surface area contributed by atoms with Crippen molar-refractivity contribution in [1.82, 2.24) is 5.06 Å². The van der Waals surface area contributed by atoms with E-state index in [0.717, 1.165) is 10.6 Å². The lowest BCUT2D eigenvalue weighted by Crippen LogP contribution is -2.27. The van der Waals surface area contributed by atoms with Crippen LogP contribution < -0.4 is 0 Å². The minimum absolute atomic E-state index is 0.333. The number of hydrogen-bond acceptors (Lipinski definition) is 2. The van der Waals surface area contributed by atoms with Crippen LogP contribution in [0.5, 0.6) is 0 Å². The molecule has 1 aromatic carbocycles. The average Bonchev–Trinajstić information content (AvgIpc) is 3.00. The van der Waals surface area contributed by atoms with Crippen molar-refractivity contribution in [3.05, 3.63) is 34.9 Å². The van der Waals surface area contributed by atoms with Gasteiger partial charge in [-0.15, -0.1) is 0 Å². The van der Waals surface area contributed by atoms with Crippen LogP contribution >= 0.6 is 11.6 Å². The minimum Gasteiger partial charge on any atom is -0.275 e.